The largest absolute Gasteiger partial charge is 0.505 e. The lowest BCUT2D eigenvalue weighted by Crippen LogP contribution is -2.23. The van der Waals surface area contributed by atoms with E-state index in [-0.39, 0.29) is 12.0 Å². The summed E-state index contributed by atoms with van der Waals surface area (Å²) in [6.45, 7) is 0. The Balaban J connectivity index is 1.62. The molecule has 0 spiro atoms. The number of aromatic nitrogens is 3. The van der Waals surface area contributed by atoms with Gasteiger partial charge in [0.15, 0.2) is 17.3 Å². The molecule has 0 radical (unpaired) electrons. The molecule has 7 heteroatoms. The molecule has 0 aliphatic carbocycles. The van der Waals surface area contributed by atoms with Crippen molar-refractivity contribution in [2.75, 3.05) is 0 Å². The Kier molecular flexibility index (Phi) is 4.49. The van der Waals surface area contributed by atoms with E-state index in [1.54, 1.807) is 19.3 Å². The van der Waals surface area contributed by atoms with Crippen molar-refractivity contribution in [2.24, 2.45) is 7.05 Å². The fraction of sp³-hybridized carbons (Fsp3) is 0.0952. The minimum absolute atomic E-state index is 0.169. The molecule has 2 heterocycles. The van der Waals surface area contributed by atoms with Crippen molar-refractivity contribution in [1.29, 1.82) is 0 Å². The van der Waals surface area contributed by atoms with Crippen molar-refractivity contribution < 1.29 is 14.0 Å². The van der Waals surface area contributed by atoms with Crippen molar-refractivity contribution >= 4 is 0 Å². The second-order valence-corrected chi connectivity index (χ2v) is 6.36. The maximum atomic E-state index is 13.2. The van der Waals surface area contributed by atoms with Crippen LogP contribution in [0.25, 0.3) is 22.7 Å². The molecule has 4 aromatic rings. The average Bonchev–Trinajstić information content (AvgIpc) is 3.17. The minimum atomic E-state index is -0.712. The summed E-state index contributed by atoms with van der Waals surface area (Å²) < 4.78 is 20.0. The zero-order chi connectivity index (χ0) is 19.7. The molecule has 0 saturated carbocycles. The number of nitrogens with zero attached hydrogens (tertiary/aromatic N) is 3. The van der Waals surface area contributed by atoms with E-state index in [0.29, 0.717) is 28.4 Å². The highest BCUT2D eigenvalue weighted by Crippen LogP contribution is 2.26. The van der Waals surface area contributed by atoms with Crippen LogP contribution in [0.1, 0.15) is 11.3 Å². The molecule has 0 aliphatic rings. The summed E-state index contributed by atoms with van der Waals surface area (Å²) in [5, 5.41) is 13.5. The maximum absolute atomic E-state index is 13.2. The van der Waals surface area contributed by atoms with Crippen LogP contribution in [0.4, 0.5) is 4.39 Å². The lowest BCUT2D eigenvalue weighted by Gasteiger charge is -2.08. The van der Waals surface area contributed by atoms with Crippen molar-refractivity contribution in [3.05, 3.63) is 88.2 Å². The lowest BCUT2D eigenvalue weighted by molar-refractivity contribution is 0.421. The van der Waals surface area contributed by atoms with Gasteiger partial charge in [-0.15, -0.1) is 0 Å². The Labute approximate surface area is 159 Å². The van der Waals surface area contributed by atoms with Gasteiger partial charge < -0.3 is 9.63 Å². The van der Waals surface area contributed by atoms with Crippen LogP contribution in [0.15, 0.2) is 70.1 Å². The van der Waals surface area contributed by atoms with E-state index < -0.39 is 11.6 Å². The van der Waals surface area contributed by atoms with E-state index in [1.165, 1.54) is 16.7 Å². The topological polar surface area (TPSA) is 81.2 Å². The van der Waals surface area contributed by atoms with E-state index >= 15 is 0 Å². The summed E-state index contributed by atoms with van der Waals surface area (Å²) >= 11 is 0. The van der Waals surface area contributed by atoms with Crippen LogP contribution < -0.4 is 5.56 Å². The third-order valence-electron chi connectivity index (χ3n) is 4.43. The molecular formula is C21H16FN3O3. The van der Waals surface area contributed by atoms with Gasteiger partial charge in [0.2, 0.25) is 0 Å². The SMILES string of the molecule is Cn1c(-c2ccccc2)ncc(Cc2cc(-c3ccc(F)c(O)c3)on2)c1=O. The van der Waals surface area contributed by atoms with Crippen molar-refractivity contribution in [3.63, 3.8) is 0 Å². The number of phenolic OH excluding ortho intramolecular Hbond substituents is 1. The van der Waals surface area contributed by atoms with Crippen LogP contribution in [-0.2, 0) is 13.5 Å². The Bertz CT molecular complexity index is 1200. The lowest BCUT2D eigenvalue weighted by atomic mass is 10.1. The zero-order valence-electron chi connectivity index (χ0n) is 15.0. The zero-order valence-corrected chi connectivity index (χ0v) is 15.0. The Morgan fingerprint density at radius 3 is 2.64 bits per heavy atom. The molecule has 1 N–H and O–H groups in total. The second-order valence-electron chi connectivity index (χ2n) is 6.36. The predicted octanol–water partition coefficient (Wildman–Crippen LogP) is 3.54. The number of aromatic hydroxyl groups is 1. The first-order chi connectivity index (χ1) is 13.5. The fourth-order valence-corrected chi connectivity index (χ4v) is 2.96. The smallest absolute Gasteiger partial charge is 0.257 e. The first-order valence-corrected chi connectivity index (χ1v) is 8.58. The van der Waals surface area contributed by atoms with Gasteiger partial charge in [-0.05, 0) is 18.2 Å². The molecule has 0 atom stereocenters. The highest BCUT2D eigenvalue weighted by atomic mass is 19.1. The van der Waals surface area contributed by atoms with Crippen LogP contribution in [-0.4, -0.2) is 19.8 Å². The van der Waals surface area contributed by atoms with E-state index in [1.807, 2.05) is 30.3 Å². The number of phenols is 1. The van der Waals surface area contributed by atoms with Gasteiger partial charge in [-0.1, -0.05) is 35.5 Å². The molecule has 140 valence electrons. The van der Waals surface area contributed by atoms with E-state index in [4.69, 9.17) is 4.52 Å². The third kappa shape index (κ3) is 3.29. The van der Waals surface area contributed by atoms with Crippen LogP contribution >= 0.6 is 0 Å². The van der Waals surface area contributed by atoms with Crippen LogP contribution in [0.2, 0.25) is 0 Å². The van der Waals surface area contributed by atoms with Gasteiger partial charge in [-0.25, -0.2) is 9.37 Å². The standard InChI is InChI=1S/C21H16FN3O3/c1-25-20(13-5-3-2-4-6-13)23-12-15(21(25)27)9-16-11-19(28-24-16)14-7-8-17(22)18(26)10-14/h2-8,10-12,26H,9H2,1H3. The Morgan fingerprint density at radius 1 is 1.11 bits per heavy atom. The monoisotopic (exact) mass is 377 g/mol. The minimum Gasteiger partial charge on any atom is -0.505 e. The van der Waals surface area contributed by atoms with Crippen LogP contribution in [0, 0.1) is 5.82 Å². The van der Waals surface area contributed by atoms with Gasteiger partial charge in [0.05, 0.1) is 5.69 Å². The quantitative estimate of drug-likeness (QED) is 0.588. The first kappa shape index (κ1) is 17.7. The van der Waals surface area contributed by atoms with E-state index in [0.717, 1.165) is 11.6 Å². The van der Waals surface area contributed by atoms with Crippen molar-refractivity contribution in [2.45, 2.75) is 6.42 Å². The molecule has 28 heavy (non-hydrogen) atoms. The summed E-state index contributed by atoms with van der Waals surface area (Å²) in [5.41, 5.74) is 2.18. The molecule has 6 nitrogen and oxygen atoms in total. The summed E-state index contributed by atoms with van der Waals surface area (Å²) in [7, 11) is 1.68. The number of hydrogen-bond donors (Lipinski definition) is 1. The number of rotatable bonds is 4. The van der Waals surface area contributed by atoms with Crippen molar-refractivity contribution in [1.82, 2.24) is 14.7 Å². The summed E-state index contributed by atoms with van der Waals surface area (Å²) in [5.74, 6) is -0.227. The van der Waals surface area contributed by atoms with Gasteiger partial charge in [0, 0.05) is 42.4 Å². The van der Waals surface area contributed by atoms with Crippen molar-refractivity contribution in [3.8, 4) is 28.5 Å². The van der Waals surface area contributed by atoms with Crippen LogP contribution in [0.3, 0.4) is 0 Å². The van der Waals surface area contributed by atoms with Gasteiger partial charge in [0.25, 0.3) is 5.56 Å². The van der Waals surface area contributed by atoms with Gasteiger partial charge >= 0.3 is 0 Å². The molecule has 0 saturated heterocycles. The molecule has 2 aromatic carbocycles. The molecule has 0 fully saturated rings. The fourth-order valence-electron chi connectivity index (χ4n) is 2.96. The van der Waals surface area contributed by atoms with E-state index in [9.17, 15) is 14.3 Å². The highest BCUT2D eigenvalue weighted by molar-refractivity contribution is 5.60. The summed E-state index contributed by atoms with van der Waals surface area (Å²) in [6.07, 6.45) is 1.79. The van der Waals surface area contributed by atoms with Gasteiger partial charge in [-0.2, -0.15) is 0 Å². The molecular weight excluding hydrogens is 361 g/mol. The average molecular weight is 377 g/mol. The molecule has 0 unspecified atom stereocenters. The highest BCUT2D eigenvalue weighted by Gasteiger charge is 2.14. The molecule has 0 amide bonds. The number of benzene rings is 2. The molecule has 0 bridgehead atoms. The second kappa shape index (κ2) is 7.11. The first-order valence-electron chi connectivity index (χ1n) is 8.58. The maximum Gasteiger partial charge on any atom is 0.257 e. The third-order valence-corrected chi connectivity index (χ3v) is 4.43. The number of halogens is 1. The molecule has 2 aromatic heterocycles. The predicted molar refractivity (Wildman–Crippen MR) is 101 cm³/mol. The normalized spacial score (nSPS) is 10.9. The molecule has 0 aliphatic heterocycles. The Hall–Kier alpha value is -3.74. The van der Waals surface area contributed by atoms with Crippen LogP contribution in [0.5, 0.6) is 5.75 Å². The van der Waals surface area contributed by atoms with Gasteiger partial charge in [-0.3, -0.25) is 9.36 Å². The van der Waals surface area contributed by atoms with E-state index in [2.05, 4.69) is 10.1 Å². The number of hydrogen-bond acceptors (Lipinski definition) is 5. The summed E-state index contributed by atoms with van der Waals surface area (Å²) in [4.78, 5) is 17.1. The summed E-state index contributed by atoms with van der Waals surface area (Å²) in [6, 6.07) is 15.0. The van der Waals surface area contributed by atoms with Gasteiger partial charge in [0.1, 0.15) is 5.82 Å². The Morgan fingerprint density at radius 2 is 1.89 bits per heavy atom. The molecule has 4 rings (SSSR count).